The molecule has 0 radical (unpaired) electrons. The van der Waals surface area contributed by atoms with E-state index in [1.54, 1.807) is 19.1 Å². The molecule has 368 valence electrons. The summed E-state index contributed by atoms with van der Waals surface area (Å²) in [6.07, 6.45) is 1.44. The average molecular weight is 940 g/mol. The molecule has 3 rings (SSSR count). The number of phenolic OH excluding ortho intramolecular Hbond substituents is 1. The number of carbonyl (C=O) groups excluding carboxylic acids is 7. The van der Waals surface area contributed by atoms with E-state index in [-0.39, 0.29) is 30.9 Å². The van der Waals surface area contributed by atoms with Gasteiger partial charge < -0.3 is 64.2 Å². The van der Waals surface area contributed by atoms with Crippen LogP contribution in [0.2, 0.25) is 0 Å². The van der Waals surface area contributed by atoms with Gasteiger partial charge in [-0.15, -0.1) is 0 Å². The van der Waals surface area contributed by atoms with Crippen molar-refractivity contribution in [3.63, 3.8) is 0 Å². The van der Waals surface area contributed by atoms with Crippen molar-refractivity contribution in [2.24, 2.45) is 17.4 Å². The minimum absolute atomic E-state index is 0.0838. The Morgan fingerprint density at radius 2 is 1.52 bits per heavy atom. The lowest BCUT2D eigenvalue weighted by Crippen LogP contribution is -2.59. The number of amides is 7. The van der Waals surface area contributed by atoms with Crippen LogP contribution in [0, 0.1) is 16.0 Å². The Labute approximate surface area is 388 Å². The smallest absolute Gasteiger partial charge is 0.310 e. The fourth-order valence-electron chi connectivity index (χ4n) is 7.40. The van der Waals surface area contributed by atoms with Crippen LogP contribution in [-0.4, -0.2) is 123 Å². The van der Waals surface area contributed by atoms with Crippen LogP contribution < -0.4 is 49.1 Å². The zero-order chi connectivity index (χ0) is 50.0. The molecule has 7 amide bonds. The topological polar surface area (TPSA) is 374 Å². The minimum Gasteiger partial charge on any atom is -0.502 e. The second kappa shape index (κ2) is 26.3. The highest BCUT2D eigenvalue weighted by atomic mass is 16.6. The number of hydrogen-bond acceptors (Lipinski definition) is 14. The third kappa shape index (κ3) is 16.5. The number of phenols is 1. The van der Waals surface area contributed by atoms with E-state index < -0.39 is 119 Å². The molecule has 23 nitrogen and oxygen atoms in total. The number of primary amides is 1. The van der Waals surface area contributed by atoms with Crippen LogP contribution in [0.15, 0.2) is 42.5 Å². The molecule has 14 N–H and O–H groups in total. The third-order valence-electron chi connectivity index (χ3n) is 11.6. The van der Waals surface area contributed by atoms with Crippen molar-refractivity contribution >= 4 is 58.7 Å². The molecule has 23 heteroatoms. The van der Waals surface area contributed by atoms with Gasteiger partial charge in [0.2, 0.25) is 41.4 Å². The summed E-state index contributed by atoms with van der Waals surface area (Å²) in [5.41, 5.74) is 18.0. The van der Waals surface area contributed by atoms with Gasteiger partial charge in [-0.05, 0) is 81.7 Å². The Kier molecular flexibility index (Phi) is 21.4. The third-order valence-corrected chi connectivity index (χ3v) is 11.6. The van der Waals surface area contributed by atoms with Crippen molar-refractivity contribution in [2.75, 3.05) is 18.8 Å². The molecule has 1 saturated heterocycles. The summed E-state index contributed by atoms with van der Waals surface area (Å²) >= 11 is 0. The molecule has 1 fully saturated rings. The van der Waals surface area contributed by atoms with Crippen molar-refractivity contribution in [3.05, 3.63) is 63.7 Å². The zero-order valence-electron chi connectivity index (χ0n) is 38.2. The van der Waals surface area contributed by atoms with E-state index in [2.05, 4.69) is 31.9 Å². The number of unbranched alkanes of at least 4 members (excludes halogenated alkanes) is 1. The number of nitrogens with two attached hydrogens (primary N) is 3. The average Bonchev–Trinajstić information content (AvgIpc) is 3.78. The number of nitro benzene ring substituents is 1. The summed E-state index contributed by atoms with van der Waals surface area (Å²) in [5.74, 6) is -7.60. The molecule has 67 heavy (non-hydrogen) atoms. The molecule has 8 atom stereocenters. The van der Waals surface area contributed by atoms with Crippen molar-refractivity contribution < 1.29 is 53.5 Å². The lowest BCUT2D eigenvalue weighted by atomic mass is 9.97. The van der Waals surface area contributed by atoms with Gasteiger partial charge in [0.1, 0.15) is 36.3 Å². The fraction of sp³-hybridized carbons (Fsp3) is 0.545. The van der Waals surface area contributed by atoms with Gasteiger partial charge in [0.05, 0.1) is 11.0 Å². The summed E-state index contributed by atoms with van der Waals surface area (Å²) < 4.78 is 0. The number of benzene rings is 2. The molecule has 0 aromatic heterocycles. The number of carbonyl (C=O) groups is 8. The minimum atomic E-state index is -1.54. The van der Waals surface area contributed by atoms with Crippen molar-refractivity contribution in [1.29, 1.82) is 0 Å². The number of nitro groups is 1. The summed E-state index contributed by atoms with van der Waals surface area (Å²) in [6, 6.07) is 2.23. The number of nitrogens with one attached hydrogen (secondary N) is 6. The predicted octanol–water partition coefficient (Wildman–Crippen LogP) is -0.436. The maximum Gasteiger partial charge on any atom is 0.310 e. The Morgan fingerprint density at radius 3 is 2.15 bits per heavy atom. The lowest BCUT2D eigenvalue weighted by Gasteiger charge is -2.30. The maximum atomic E-state index is 13.9. The molecule has 0 spiro atoms. The van der Waals surface area contributed by atoms with Gasteiger partial charge in [0.15, 0.2) is 5.75 Å². The molecular weight excluding hydrogens is 875 g/mol. The molecular formula is C44H65N11O12. The van der Waals surface area contributed by atoms with Gasteiger partial charge in [-0.1, -0.05) is 51.0 Å². The first-order chi connectivity index (χ1) is 31.7. The number of rotatable bonds is 27. The Balaban J connectivity index is 1.72. The number of anilines is 1. The van der Waals surface area contributed by atoms with Gasteiger partial charge in [0, 0.05) is 37.7 Å². The van der Waals surface area contributed by atoms with Crippen LogP contribution in [0.5, 0.6) is 5.75 Å². The molecule has 1 aliphatic rings. The summed E-state index contributed by atoms with van der Waals surface area (Å²) in [7, 11) is 0. The van der Waals surface area contributed by atoms with Crippen molar-refractivity contribution in [2.45, 2.75) is 134 Å². The van der Waals surface area contributed by atoms with Gasteiger partial charge in [-0.25, -0.2) is 0 Å². The standard InChI is InChI=1S/C44H65N11O12/c1-5-24(2)37(53-40(61)31(13-8-9-19-45)48-23-28-11-6-7-12-29(28)46)43(64)49-25(3)39(60)50-26(4)44(65)54-20-10-14-33(54)42(63)52-32(21-27-15-17-35(56)34(22-27)55(66)67)41(62)51-30(38(47)59)16-18-36(57)58/h6-7,11-12,15,17,22,24-26,30-33,37,48,56H,5,8-10,13-14,16,18-21,23,45-46H2,1-4H3,(H2,47,59)(H,49,64)(H,50,60)(H,51,62)(H,52,63)(H,53,61)(H,57,58)/t24-,25-,26-,30-,31-,32-,33-,37-/m0/s1. The van der Waals surface area contributed by atoms with Crippen LogP contribution in [-0.2, 0) is 51.3 Å². The number of hydrogen-bond donors (Lipinski definition) is 11. The molecule has 0 unspecified atom stereocenters. The molecule has 0 saturated carbocycles. The molecule has 0 bridgehead atoms. The van der Waals surface area contributed by atoms with E-state index in [1.807, 2.05) is 19.1 Å². The number of nitrogen functional groups attached to an aromatic ring is 1. The van der Waals surface area contributed by atoms with Gasteiger partial charge in [0.25, 0.3) is 0 Å². The monoisotopic (exact) mass is 939 g/mol. The normalized spacial score (nSPS) is 16.5. The second-order valence-corrected chi connectivity index (χ2v) is 16.7. The molecule has 2 aromatic rings. The van der Waals surface area contributed by atoms with Gasteiger partial charge in [-0.2, -0.15) is 0 Å². The summed E-state index contributed by atoms with van der Waals surface area (Å²) in [6.45, 7) is 7.26. The van der Waals surface area contributed by atoms with E-state index in [0.29, 0.717) is 50.9 Å². The van der Waals surface area contributed by atoms with Crippen molar-refractivity contribution in [1.82, 2.24) is 36.8 Å². The number of likely N-dealkylation sites (tertiary alicyclic amines) is 1. The lowest BCUT2D eigenvalue weighted by molar-refractivity contribution is -0.385. The van der Waals surface area contributed by atoms with Gasteiger partial charge in [-0.3, -0.25) is 48.5 Å². The Hall–Kier alpha value is -6.88. The van der Waals surface area contributed by atoms with E-state index in [1.165, 1.54) is 24.8 Å². The molecule has 0 aliphatic carbocycles. The van der Waals surface area contributed by atoms with E-state index in [4.69, 9.17) is 22.3 Å². The van der Waals surface area contributed by atoms with Gasteiger partial charge >= 0.3 is 11.7 Å². The highest BCUT2D eigenvalue weighted by Gasteiger charge is 2.39. The quantitative estimate of drug-likeness (QED) is 0.0234. The highest BCUT2D eigenvalue weighted by molar-refractivity contribution is 5.97. The first-order valence-corrected chi connectivity index (χ1v) is 22.2. The highest BCUT2D eigenvalue weighted by Crippen LogP contribution is 2.27. The number of para-hydroxylation sites is 1. The van der Waals surface area contributed by atoms with Crippen LogP contribution in [0.25, 0.3) is 0 Å². The van der Waals surface area contributed by atoms with E-state index in [0.717, 1.165) is 17.7 Å². The number of aromatic hydroxyl groups is 1. The molecule has 1 heterocycles. The fourth-order valence-corrected chi connectivity index (χ4v) is 7.40. The number of aliphatic carboxylic acids is 1. The summed E-state index contributed by atoms with van der Waals surface area (Å²) in [5, 5.41) is 46.7. The predicted molar refractivity (Wildman–Crippen MR) is 244 cm³/mol. The van der Waals surface area contributed by atoms with Crippen LogP contribution >= 0.6 is 0 Å². The van der Waals surface area contributed by atoms with Crippen LogP contribution in [0.3, 0.4) is 0 Å². The molecule has 1 aliphatic heterocycles. The number of carboxylic acid groups (broad SMARTS) is 1. The van der Waals surface area contributed by atoms with E-state index >= 15 is 0 Å². The largest absolute Gasteiger partial charge is 0.502 e. The number of nitrogens with zero attached hydrogens (tertiary/aromatic N) is 2. The Morgan fingerprint density at radius 1 is 0.851 bits per heavy atom. The first-order valence-electron chi connectivity index (χ1n) is 22.2. The SMILES string of the molecule is CC[C@H](C)[C@H](NC(=O)[C@H](CCCCN)NCc1ccccc1N)C(=O)N[C@@H](C)C(=O)N[C@@H](C)C(=O)N1CCC[C@H]1C(=O)N[C@@H](Cc1ccc(O)c([N+](=O)[O-])c1)C(=O)N[C@@H](CCC(=O)O)C(N)=O. The van der Waals surface area contributed by atoms with Crippen LogP contribution in [0.1, 0.15) is 90.2 Å². The van der Waals surface area contributed by atoms with Crippen LogP contribution in [0.4, 0.5) is 11.4 Å². The summed E-state index contributed by atoms with van der Waals surface area (Å²) in [4.78, 5) is 117. The molecule has 2 aromatic carbocycles. The maximum absolute atomic E-state index is 13.9. The second-order valence-electron chi connectivity index (χ2n) is 16.7. The zero-order valence-corrected chi connectivity index (χ0v) is 38.2. The van der Waals surface area contributed by atoms with E-state index in [9.17, 15) is 53.6 Å². The number of carboxylic acids is 1. The first kappa shape index (κ1) is 54.5. The van der Waals surface area contributed by atoms with Crippen molar-refractivity contribution in [3.8, 4) is 5.75 Å². The Bertz CT molecular complexity index is 2110.